The van der Waals surface area contributed by atoms with E-state index >= 15 is 0 Å². The Kier molecular flexibility index (Phi) is 4.50. The molecule has 1 aromatic heterocycles. The first-order chi connectivity index (χ1) is 11.0. The Labute approximate surface area is 142 Å². The van der Waals surface area contributed by atoms with E-state index < -0.39 is 0 Å². The van der Waals surface area contributed by atoms with E-state index in [0.29, 0.717) is 11.6 Å². The molecule has 3 rings (SSSR count). The number of halogens is 1. The highest BCUT2D eigenvalue weighted by Crippen LogP contribution is 2.37. The number of hydrogen-bond donors (Lipinski definition) is 1. The standard InChI is InChI=1S/C17H23ClN4O/c1-11-13(17(21(2)3)22(4)20-11)10-19-15-8-9-23-16-12(15)6-5-7-14(16)18/h5-7,15,19H,8-10H2,1-4H3/t15-/m1/s1. The number of ether oxygens (including phenoxy) is 1. The maximum absolute atomic E-state index is 6.25. The van der Waals surface area contributed by atoms with Crippen LogP contribution in [0.5, 0.6) is 5.75 Å². The van der Waals surface area contributed by atoms with Gasteiger partial charge in [-0.05, 0) is 13.0 Å². The smallest absolute Gasteiger partial charge is 0.142 e. The van der Waals surface area contributed by atoms with E-state index in [1.54, 1.807) is 0 Å². The summed E-state index contributed by atoms with van der Waals surface area (Å²) >= 11 is 6.25. The highest BCUT2D eigenvalue weighted by atomic mass is 35.5. The van der Waals surface area contributed by atoms with Crippen LogP contribution in [0.1, 0.15) is 29.3 Å². The van der Waals surface area contributed by atoms with E-state index in [2.05, 4.69) is 28.3 Å². The average molecular weight is 335 g/mol. The number of nitrogens with zero attached hydrogens (tertiary/aromatic N) is 3. The molecule has 2 heterocycles. The van der Waals surface area contributed by atoms with Gasteiger partial charge >= 0.3 is 0 Å². The zero-order valence-electron chi connectivity index (χ0n) is 14.1. The molecule has 124 valence electrons. The van der Waals surface area contributed by atoms with E-state index in [-0.39, 0.29) is 6.04 Å². The third-order valence-corrected chi connectivity index (χ3v) is 4.59. The second-order valence-electron chi connectivity index (χ2n) is 6.13. The first-order valence-electron chi connectivity index (χ1n) is 7.83. The molecular formula is C17H23ClN4O. The van der Waals surface area contributed by atoms with Crippen LogP contribution in [0.2, 0.25) is 5.02 Å². The lowest BCUT2D eigenvalue weighted by molar-refractivity contribution is 0.252. The number of aryl methyl sites for hydroxylation is 2. The number of benzene rings is 1. The predicted octanol–water partition coefficient (Wildman–Crippen LogP) is 3.06. The van der Waals surface area contributed by atoms with Crippen molar-refractivity contribution in [1.82, 2.24) is 15.1 Å². The minimum absolute atomic E-state index is 0.243. The second-order valence-corrected chi connectivity index (χ2v) is 6.54. The fourth-order valence-corrected chi connectivity index (χ4v) is 3.52. The van der Waals surface area contributed by atoms with Crippen LogP contribution in [0.4, 0.5) is 5.82 Å². The molecule has 6 heteroatoms. The summed E-state index contributed by atoms with van der Waals surface area (Å²) in [6.07, 6.45) is 0.934. The molecule has 1 N–H and O–H groups in total. The van der Waals surface area contributed by atoms with Gasteiger partial charge in [0.1, 0.15) is 11.6 Å². The fraction of sp³-hybridized carbons (Fsp3) is 0.471. The number of hydrogen-bond acceptors (Lipinski definition) is 4. The lowest BCUT2D eigenvalue weighted by Gasteiger charge is -2.28. The summed E-state index contributed by atoms with van der Waals surface area (Å²) in [6, 6.07) is 6.18. The summed E-state index contributed by atoms with van der Waals surface area (Å²) < 4.78 is 7.66. The van der Waals surface area contributed by atoms with Gasteiger partial charge in [-0.2, -0.15) is 5.10 Å². The predicted molar refractivity (Wildman–Crippen MR) is 93.4 cm³/mol. The number of aromatic nitrogens is 2. The molecule has 1 aliphatic heterocycles. The van der Waals surface area contributed by atoms with Gasteiger partial charge in [-0.25, -0.2) is 0 Å². The largest absolute Gasteiger partial charge is 0.492 e. The average Bonchev–Trinajstić information content (AvgIpc) is 2.79. The van der Waals surface area contributed by atoms with Crippen LogP contribution in [0.25, 0.3) is 0 Å². The number of para-hydroxylation sites is 1. The zero-order valence-corrected chi connectivity index (χ0v) is 14.8. The second kappa shape index (κ2) is 6.42. The first-order valence-corrected chi connectivity index (χ1v) is 8.21. The summed E-state index contributed by atoms with van der Waals surface area (Å²) in [5, 5.41) is 8.88. The van der Waals surface area contributed by atoms with Gasteiger partial charge < -0.3 is 15.0 Å². The quantitative estimate of drug-likeness (QED) is 0.933. The molecule has 0 fully saturated rings. The van der Waals surface area contributed by atoms with Crippen LogP contribution < -0.4 is 15.0 Å². The van der Waals surface area contributed by atoms with Crippen molar-refractivity contribution < 1.29 is 4.74 Å². The van der Waals surface area contributed by atoms with Crippen LogP contribution in [-0.2, 0) is 13.6 Å². The maximum atomic E-state index is 6.25. The van der Waals surface area contributed by atoms with Crippen molar-refractivity contribution in [3.63, 3.8) is 0 Å². The van der Waals surface area contributed by atoms with Crippen molar-refractivity contribution >= 4 is 17.4 Å². The molecule has 0 aliphatic carbocycles. The molecule has 1 aromatic carbocycles. The number of rotatable bonds is 4. The first kappa shape index (κ1) is 16.1. The number of nitrogens with one attached hydrogen (secondary N) is 1. The lowest BCUT2D eigenvalue weighted by atomic mass is 10.00. The monoisotopic (exact) mass is 334 g/mol. The highest BCUT2D eigenvalue weighted by molar-refractivity contribution is 6.32. The van der Waals surface area contributed by atoms with Gasteiger partial charge in [0.15, 0.2) is 0 Å². The summed E-state index contributed by atoms with van der Waals surface area (Å²) in [7, 11) is 6.07. The van der Waals surface area contributed by atoms with E-state index in [0.717, 1.165) is 35.8 Å². The zero-order chi connectivity index (χ0) is 16.6. The van der Waals surface area contributed by atoms with Gasteiger partial charge in [-0.3, -0.25) is 4.68 Å². The van der Waals surface area contributed by atoms with Crippen molar-refractivity contribution in [3.05, 3.63) is 40.0 Å². The van der Waals surface area contributed by atoms with Crippen molar-refractivity contribution in [1.29, 1.82) is 0 Å². The third kappa shape index (κ3) is 3.03. The van der Waals surface area contributed by atoms with Crippen LogP contribution in [0.3, 0.4) is 0 Å². The lowest BCUT2D eigenvalue weighted by Crippen LogP contribution is -2.27. The topological polar surface area (TPSA) is 42.3 Å². The molecule has 0 radical (unpaired) electrons. The molecule has 23 heavy (non-hydrogen) atoms. The minimum atomic E-state index is 0.243. The van der Waals surface area contributed by atoms with Gasteiger partial charge in [0.05, 0.1) is 17.3 Å². The Balaban J connectivity index is 1.82. The normalized spacial score (nSPS) is 16.8. The highest BCUT2D eigenvalue weighted by Gasteiger charge is 2.24. The van der Waals surface area contributed by atoms with E-state index in [1.807, 2.05) is 38.0 Å². The number of fused-ring (bicyclic) bond motifs is 1. The third-order valence-electron chi connectivity index (χ3n) is 4.29. The molecule has 0 unspecified atom stereocenters. The van der Waals surface area contributed by atoms with Crippen molar-refractivity contribution in [2.24, 2.45) is 7.05 Å². The number of anilines is 1. The Hall–Kier alpha value is -1.72. The maximum Gasteiger partial charge on any atom is 0.142 e. The molecule has 1 aliphatic rings. The summed E-state index contributed by atoms with van der Waals surface area (Å²) in [4.78, 5) is 2.10. The van der Waals surface area contributed by atoms with Crippen molar-refractivity contribution in [2.75, 3.05) is 25.6 Å². The van der Waals surface area contributed by atoms with E-state index in [1.165, 1.54) is 5.56 Å². The fourth-order valence-electron chi connectivity index (χ4n) is 3.28. The Morgan fingerprint density at radius 2 is 2.22 bits per heavy atom. The van der Waals surface area contributed by atoms with Crippen molar-refractivity contribution in [3.8, 4) is 5.75 Å². The summed E-state index contributed by atoms with van der Waals surface area (Å²) in [5.41, 5.74) is 3.42. The van der Waals surface area contributed by atoms with Crippen LogP contribution in [-0.4, -0.2) is 30.5 Å². The Bertz CT molecular complexity index is 711. The molecular weight excluding hydrogens is 312 g/mol. The molecule has 0 amide bonds. The van der Waals surface area contributed by atoms with Gasteiger partial charge in [-0.1, -0.05) is 23.7 Å². The van der Waals surface area contributed by atoms with Crippen LogP contribution >= 0.6 is 11.6 Å². The van der Waals surface area contributed by atoms with Gasteiger partial charge in [0.25, 0.3) is 0 Å². The molecule has 2 aromatic rings. The van der Waals surface area contributed by atoms with Crippen LogP contribution in [0, 0.1) is 6.92 Å². The molecule has 0 spiro atoms. The SMILES string of the molecule is Cc1nn(C)c(N(C)C)c1CN[C@@H]1CCOc2c(Cl)cccc21. The Morgan fingerprint density at radius 3 is 2.96 bits per heavy atom. The van der Waals surface area contributed by atoms with E-state index in [4.69, 9.17) is 16.3 Å². The molecule has 1 atom stereocenters. The molecule has 0 saturated heterocycles. The van der Waals surface area contributed by atoms with Gasteiger partial charge in [0.2, 0.25) is 0 Å². The molecule has 5 nitrogen and oxygen atoms in total. The minimum Gasteiger partial charge on any atom is -0.492 e. The summed E-state index contributed by atoms with van der Waals surface area (Å²) in [5.74, 6) is 1.95. The van der Waals surface area contributed by atoms with Gasteiger partial charge in [-0.15, -0.1) is 0 Å². The van der Waals surface area contributed by atoms with Gasteiger partial charge in [0, 0.05) is 51.3 Å². The molecule has 0 bridgehead atoms. The summed E-state index contributed by atoms with van der Waals surface area (Å²) in [6.45, 7) is 3.50. The molecule has 0 saturated carbocycles. The Morgan fingerprint density at radius 1 is 1.43 bits per heavy atom. The van der Waals surface area contributed by atoms with Crippen LogP contribution in [0.15, 0.2) is 18.2 Å². The van der Waals surface area contributed by atoms with E-state index in [9.17, 15) is 0 Å². The van der Waals surface area contributed by atoms with Crippen molar-refractivity contribution in [2.45, 2.75) is 25.9 Å².